The largest absolute Gasteiger partial charge is 0.502 e. The van der Waals surface area contributed by atoms with Crippen LogP contribution in [-0.2, 0) is 14.3 Å². The zero-order valence-electron chi connectivity index (χ0n) is 14.7. The summed E-state index contributed by atoms with van der Waals surface area (Å²) in [7, 11) is 2.71. The highest BCUT2D eigenvalue weighted by Gasteiger charge is 2.45. The molecule has 0 radical (unpaired) electrons. The van der Waals surface area contributed by atoms with Crippen LogP contribution in [0, 0.1) is 0 Å². The number of phenols is 1. The summed E-state index contributed by atoms with van der Waals surface area (Å²) in [6.07, 6.45) is -5.29. The zero-order valence-corrected chi connectivity index (χ0v) is 14.7. The van der Waals surface area contributed by atoms with Gasteiger partial charge in [0.1, 0.15) is 18.3 Å². The average molecular weight is 386 g/mol. The number of ether oxygens (including phenoxy) is 4. The Hall–Kier alpha value is -2.37. The number of methoxy groups -OCH3 is 2. The minimum absolute atomic E-state index is 0.131. The average Bonchev–Trinajstić information content (AvgIpc) is 2.67. The number of hydrogen-bond donors (Lipinski definition) is 5. The highest BCUT2D eigenvalue weighted by atomic mass is 16.7. The number of carbonyl (C=O) groups is 1. The first-order valence-electron chi connectivity index (χ1n) is 7.96. The molecule has 0 saturated carbocycles. The van der Waals surface area contributed by atoms with Crippen LogP contribution in [0.5, 0.6) is 17.2 Å². The number of aliphatic hydroxyl groups is 4. The molecule has 1 aliphatic heterocycles. The molecule has 5 atom stereocenters. The number of carbonyl (C=O) groups excluding carboxylic acids is 1. The maximum absolute atomic E-state index is 12.0. The van der Waals surface area contributed by atoms with Crippen LogP contribution in [0.4, 0.5) is 0 Å². The monoisotopic (exact) mass is 386 g/mol. The van der Waals surface area contributed by atoms with Crippen molar-refractivity contribution in [1.29, 1.82) is 0 Å². The number of aliphatic hydroxyl groups excluding tert-OH is 4. The maximum atomic E-state index is 12.0. The van der Waals surface area contributed by atoms with Gasteiger partial charge in [-0.15, -0.1) is 0 Å². The number of aromatic hydroxyl groups is 1. The van der Waals surface area contributed by atoms with Gasteiger partial charge < -0.3 is 44.5 Å². The Kier molecular flexibility index (Phi) is 6.99. The summed E-state index contributed by atoms with van der Waals surface area (Å²) >= 11 is 0. The summed E-state index contributed by atoms with van der Waals surface area (Å²) in [5, 5.41) is 48.4. The molecule has 10 heteroatoms. The summed E-state index contributed by atoms with van der Waals surface area (Å²) in [5.41, 5.74) is 0.444. The van der Waals surface area contributed by atoms with E-state index in [9.17, 15) is 25.2 Å². The highest BCUT2D eigenvalue weighted by molar-refractivity contribution is 5.87. The van der Waals surface area contributed by atoms with Gasteiger partial charge in [0.2, 0.25) is 5.75 Å². The summed E-state index contributed by atoms with van der Waals surface area (Å²) in [5.74, 6) is -0.856. The molecule has 1 saturated heterocycles. The number of esters is 1. The third-order valence-electron chi connectivity index (χ3n) is 4.01. The van der Waals surface area contributed by atoms with Crippen LogP contribution in [0.2, 0.25) is 0 Å². The summed E-state index contributed by atoms with van der Waals surface area (Å²) < 4.78 is 19.8. The van der Waals surface area contributed by atoms with Crippen molar-refractivity contribution in [3.8, 4) is 17.2 Å². The van der Waals surface area contributed by atoms with Gasteiger partial charge in [-0.3, -0.25) is 0 Å². The van der Waals surface area contributed by atoms with E-state index in [1.807, 2.05) is 0 Å². The Labute approximate surface area is 154 Å². The van der Waals surface area contributed by atoms with Crippen LogP contribution in [0.1, 0.15) is 5.56 Å². The lowest BCUT2D eigenvalue weighted by molar-refractivity contribution is -0.289. The van der Waals surface area contributed by atoms with E-state index in [-0.39, 0.29) is 17.2 Å². The SMILES string of the molecule is COc1cc(C=CC(=O)OC2C(O)C(O)OC(CO)C2O)cc(OC)c1O. The Morgan fingerprint density at radius 3 is 2.26 bits per heavy atom. The van der Waals surface area contributed by atoms with Gasteiger partial charge in [-0.2, -0.15) is 0 Å². The lowest BCUT2D eigenvalue weighted by Gasteiger charge is -2.39. The lowest BCUT2D eigenvalue weighted by Crippen LogP contribution is -2.59. The molecule has 0 aromatic heterocycles. The molecule has 1 aliphatic rings. The topological polar surface area (TPSA) is 155 Å². The molecule has 150 valence electrons. The first kappa shape index (κ1) is 20.9. The molecule has 1 fully saturated rings. The first-order valence-corrected chi connectivity index (χ1v) is 7.96. The minimum atomic E-state index is -1.72. The Bertz CT molecular complexity index is 663. The van der Waals surface area contributed by atoms with Gasteiger partial charge in [0.15, 0.2) is 23.9 Å². The van der Waals surface area contributed by atoms with Crippen LogP contribution in [0.25, 0.3) is 6.08 Å². The van der Waals surface area contributed by atoms with Crippen molar-refractivity contribution in [2.75, 3.05) is 20.8 Å². The van der Waals surface area contributed by atoms with Crippen LogP contribution in [0.3, 0.4) is 0 Å². The third-order valence-corrected chi connectivity index (χ3v) is 4.01. The molecule has 0 bridgehead atoms. The highest BCUT2D eigenvalue weighted by Crippen LogP contribution is 2.37. The Morgan fingerprint density at radius 1 is 1.15 bits per heavy atom. The fourth-order valence-electron chi connectivity index (χ4n) is 2.55. The molecule has 1 aromatic carbocycles. The van der Waals surface area contributed by atoms with E-state index in [1.165, 1.54) is 32.4 Å². The molecule has 1 aromatic rings. The fourth-order valence-corrected chi connectivity index (χ4v) is 2.55. The van der Waals surface area contributed by atoms with E-state index in [4.69, 9.17) is 24.1 Å². The fraction of sp³-hybridized carbons (Fsp3) is 0.471. The minimum Gasteiger partial charge on any atom is -0.502 e. The molecular formula is C17H22O10. The van der Waals surface area contributed by atoms with E-state index in [0.717, 1.165) is 6.08 Å². The summed E-state index contributed by atoms with van der Waals surface area (Å²) in [4.78, 5) is 12.0. The van der Waals surface area contributed by atoms with Crippen molar-refractivity contribution >= 4 is 12.0 Å². The molecule has 27 heavy (non-hydrogen) atoms. The lowest BCUT2D eigenvalue weighted by atomic mass is 9.99. The van der Waals surface area contributed by atoms with Crippen LogP contribution in [0.15, 0.2) is 18.2 Å². The van der Waals surface area contributed by atoms with Gasteiger partial charge in [0, 0.05) is 6.08 Å². The van der Waals surface area contributed by atoms with Gasteiger partial charge in [0.05, 0.1) is 20.8 Å². The molecule has 5 N–H and O–H groups in total. The quantitative estimate of drug-likeness (QED) is 0.296. The van der Waals surface area contributed by atoms with Gasteiger partial charge in [-0.25, -0.2) is 4.79 Å². The van der Waals surface area contributed by atoms with E-state index in [1.54, 1.807) is 0 Å². The van der Waals surface area contributed by atoms with Gasteiger partial charge in [0.25, 0.3) is 0 Å². The number of hydrogen-bond acceptors (Lipinski definition) is 10. The van der Waals surface area contributed by atoms with Gasteiger partial charge in [-0.05, 0) is 23.8 Å². The van der Waals surface area contributed by atoms with Crippen molar-refractivity contribution in [3.05, 3.63) is 23.8 Å². The normalized spacial score (nSPS) is 28.1. The van der Waals surface area contributed by atoms with Crippen LogP contribution in [-0.4, -0.2) is 83.0 Å². The standard InChI is InChI=1S/C17H22O10/c1-24-9-5-8(6-10(25-2)13(9)20)3-4-12(19)27-16-14(21)11(7-18)26-17(23)15(16)22/h3-6,11,14-18,20-23H,7H2,1-2H3. The van der Waals surface area contributed by atoms with E-state index < -0.39 is 43.3 Å². The molecule has 2 rings (SSSR count). The Morgan fingerprint density at radius 2 is 1.74 bits per heavy atom. The zero-order chi connectivity index (χ0) is 20.1. The molecule has 10 nitrogen and oxygen atoms in total. The predicted molar refractivity (Wildman–Crippen MR) is 90.1 cm³/mol. The molecule has 0 aliphatic carbocycles. The second kappa shape index (κ2) is 9.02. The maximum Gasteiger partial charge on any atom is 0.331 e. The number of phenolic OH excluding ortho intramolecular Hbond substituents is 1. The van der Waals surface area contributed by atoms with Crippen molar-refractivity contribution in [2.45, 2.75) is 30.7 Å². The van der Waals surface area contributed by atoms with Crippen molar-refractivity contribution < 1.29 is 49.3 Å². The summed E-state index contributed by atoms with van der Waals surface area (Å²) in [6, 6.07) is 2.90. The number of benzene rings is 1. The predicted octanol–water partition coefficient (Wildman–Crippen LogP) is -1.23. The first-order chi connectivity index (χ1) is 12.8. The molecule has 0 amide bonds. The van der Waals surface area contributed by atoms with E-state index >= 15 is 0 Å². The van der Waals surface area contributed by atoms with Crippen molar-refractivity contribution in [2.24, 2.45) is 0 Å². The van der Waals surface area contributed by atoms with Gasteiger partial charge in [-0.1, -0.05) is 0 Å². The molecule has 0 spiro atoms. The van der Waals surface area contributed by atoms with E-state index in [0.29, 0.717) is 5.56 Å². The molecule has 1 heterocycles. The van der Waals surface area contributed by atoms with Crippen molar-refractivity contribution in [1.82, 2.24) is 0 Å². The van der Waals surface area contributed by atoms with Crippen LogP contribution < -0.4 is 9.47 Å². The Balaban J connectivity index is 2.12. The van der Waals surface area contributed by atoms with Crippen LogP contribution >= 0.6 is 0 Å². The van der Waals surface area contributed by atoms with Gasteiger partial charge >= 0.3 is 5.97 Å². The second-order valence-corrected chi connectivity index (χ2v) is 5.74. The molecule has 5 unspecified atom stereocenters. The van der Waals surface area contributed by atoms with Crippen molar-refractivity contribution in [3.63, 3.8) is 0 Å². The second-order valence-electron chi connectivity index (χ2n) is 5.74. The summed E-state index contributed by atoms with van der Waals surface area (Å²) in [6.45, 7) is -0.637. The smallest absolute Gasteiger partial charge is 0.331 e. The third kappa shape index (κ3) is 4.67. The molecular weight excluding hydrogens is 364 g/mol. The van der Waals surface area contributed by atoms with E-state index in [2.05, 4.69) is 0 Å². The number of rotatable bonds is 6.